The fourth-order valence-electron chi connectivity index (χ4n) is 2.40. The number of hydrogen-bond acceptors (Lipinski definition) is 4. The maximum absolute atomic E-state index is 11.7. The van der Waals surface area contributed by atoms with Crippen molar-refractivity contribution >= 4 is 5.97 Å². The Labute approximate surface area is 117 Å². The van der Waals surface area contributed by atoms with E-state index in [-0.39, 0.29) is 12.0 Å². The third-order valence-electron chi connectivity index (χ3n) is 3.51. The molecule has 19 heavy (non-hydrogen) atoms. The number of hydrogen-bond donors (Lipinski definition) is 1. The lowest BCUT2D eigenvalue weighted by atomic mass is 10.1. The summed E-state index contributed by atoms with van der Waals surface area (Å²) in [6.07, 6.45) is 4.76. The van der Waals surface area contributed by atoms with Gasteiger partial charge in [-0.3, -0.25) is 4.79 Å². The normalized spacial score (nSPS) is 16.9. The van der Waals surface area contributed by atoms with E-state index in [0.29, 0.717) is 6.04 Å². The van der Waals surface area contributed by atoms with E-state index in [1.807, 2.05) is 0 Å². The highest BCUT2D eigenvalue weighted by molar-refractivity contribution is 5.75. The average Bonchev–Trinajstić information content (AvgIpc) is 3.17. The maximum Gasteiger partial charge on any atom is 0.322 e. The molecule has 4 heteroatoms. The third-order valence-corrected chi connectivity index (χ3v) is 3.51. The van der Waals surface area contributed by atoms with Gasteiger partial charge in [-0.1, -0.05) is 20.8 Å². The first-order chi connectivity index (χ1) is 9.06. The molecule has 0 aromatic heterocycles. The zero-order chi connectivity index (χ0) is 14.3. The van der Waals surface area contributed by atoms with Crippen LogP contribution < -0.4 is 5.32 Å². The second kappa shape index (κ2) is 8.54. The zero-order valence-corrected chi connectivity index (χ0v) is 12.9. The molecule has 1 unspecified atom stereocenters. The van der Waals surface area contributed by atoms with E-state index in [0.717, 1.165) is 25.4 Å². The molecule has 0 heterocycles. The van der Waals surface area contributed by atoms with Gasteiger partial charge in [-0.2, -0.15) is 0 Å². The van der Waals surface area contributed by atoms with Crippen molar-refractivity contribution in [2.24, 2.45) is 5.92 Å². The molecule has 0 saturated heterocycles. The van der Waals surface area contributed by atoms with Crippen LogP contribution in [0.25, 0.3) is 0 Å². The number of nitrogens with zero attached hydrogens (tertiary/aromatic N) is 1. The van der Waals surface area contributed by atoms with E-state index in [2.05, 4.69) is 31.0 Å². The van der Waals surface area contributed by atoms with Crippen LogP contribution >= 0.6 is 0 Å². The maximum atomic E-state index is 11.7. The highest BCUT2D eigenvalue weighted by Crippen LogP contribution is 2.29. The fourth-order valence-corrected chi connectivity index (χ4v) is 2.40. The van der Waals surface area contributed by atoms with Gasteiger partial charge in [-0.25, -0.2) is 0 Å². The van der Waals surface area contributed by atoms with Crippen molar-refractivity contribution in [3.05, 3.63) is 0 Å². The molecule has 1 aliphatic carbocycles. The Morgan fingerprint density at radius 2 is 2.05 bits per heavy atom. The van der Waals surface area contributed by atoms with Crippen molar-refractivity contribution in [2.75, 3.05) is 26.7 Å². The van der Waals surface area contributed by atoms with Crippen molar-refractivity contribution in [1.29, 1.82) is 0 Å². The number of rotatable bonds is 10. The SMILES string of the molecule is CCCN(CCC(NC(C)C)C(=O)OC)CC1CC1. The first-order valence-electron chi connectivity index (χ1n) is 7.63. The van der Waals surface area contributed by atoms with Crippen molar-refractivity contribution in [1.82, 2.24) is 10.2 Å². The van der Waals surface area contributed by atoms with Crippen LogP contribution in [-0.4, -0.2) is 49.7 Å². The summed E-state index contributed by atoms with van der Waals surface area (Å²) in [5.41, 5.74) is 0. The molecule has 4 nitrogen and oxygen atoms in total. The van der Waals surface area contributed by atoms with E-state index in [1.165, 1.54) is 32.9 Å². The predicted molar refractivity (Wildman–Crippen MR) is 78.1 cm³/mol. The molecular formula is C15H30N2O2. The molecule has 0 aromatic carbocycles. The highest BCUT2D eigenvalue weighted by atomic mass is 16.5. The standard InChI is InChI=1S/C15H30N2O2/c1-5-9-17(11-13-6-7-13)10-8-14(15(18)19-4)16-12(2)3/h12-14,16H,5-11H2,1-4H3. The quantitative estimate of drug-likeness (QED) is 0.617. The van der Waals surface area contributed by atoms with Gasteiger partial charge >= 0.3 is 5.97 Å². The van der Waals surface area contributed by atoms with Gasteiger partial charge in [0.2, 0.25) is 0 Å². The van der Waals surface area contributed by atoms with Gasteiger partial charge < -0.3 is 15.0 Å². The molecule has 1 aliphatic rings. The summed E-state index contributed by atoms with van der Waals surface area (Å²) >= 11 is 0. The molecular weight excluding hydrogens is 240 g/mol. The number of carbonyl (C=O) groups is 1. The van der Waals surface area contributed by atoms with Gasteiger partial charge in [0, 0.05) is 19.1 Å². The molecule has 0 aromatic rings. The first kappa shape index (κ1) is 16.4. The third kappa shape index (κ3) is 6.92. The molecule has 1 rings (SSSR count). The second-order valence-electron chi connectivity index (χ2n) is 5.93. The van der Waals surface area contributed by atoms with Crippen LogP contribution in [0.1, 0.15) is 46.5 Å². The van der Waals surface area contributed by atoms with E-state index >= 15 is 0 Å². The summed E-state index contributed by atoms with van der Waals surface area (Å²) < 4.78 is 4.88. The molecule has 0 radical (unpaired) electrons. The summed E-state index contributed by atoms with van der Waals surface area (Å²) in [6, 6.07) is 0.121. The zero-order valence-electron chi connectivity index (χ0n) is 12.9. The molecule has 112 valence electrons. The monoisotopic (exact) mass is 270 g/mol. The summed E-state index contributed by atoms with van der Waals surface area (Å²) in [6.45, 7) is 9.64. The van der Waals surface area contributed by atoms with Crippen LogP contribution in [0, 0.1) is 5.92 Å². The van der Waals surface area contributed by atoms with Crippen molar-refractivity contribution in [3.63, 3.8) is 0 Å². The van der Waals surface area contributed by atoms with E-state index in [4.69, 9.17) is 4.74 Å². The molecule has 0 aliphatic heterocycles. The second-order valence-corrected chi connectivity index (χ2v) is 5.93. The number of nitrogens with one attached hydrogen (secondary N) is 1. The first-order valence-corrected chi connectivity index (χ1v) is 7.63. The van der Waals surface area contributed by atoms with E-state index in [1.54, 1.807) is 0 Å². The molecule has 0 bridgehead atoms. The van der Waals surface area contributed by atoms with Crippen molar-refractivity contribution < 1.29 is 9.53 Å². The van der Waals surface area contributed by atoms with Gasteiger partial charge in [0.25, 0.3) is 0 Å². The van der Waals surface area contributed by atoms with Gasteiger partial charge in [0.1, 0.15) is 6.04 Å². The Morgan fingerprint density at radius 1 is 1.37 bits per heavy atom. The van der Waals surface area contributed by atoms with Gasteiger partial charge in [0.05, 0.1) is 7.11 Å². The Kier molecular flexibility index (Phi) is 7.39. The number of carbonyl (C=O) groups excluding carboxylic acids is 1. The van der Waals surface area contributed by atoms with Crippen molar-refractivity contribution in [3.8, 4) is 0 Å². The average molecular weight is 270 g/mol. The van der Waals surface area contributed by atoms with E-state index in [9.17, 15) is 4.79 Å². The van der Waals surface area contributed by atoms with Gasteiger partial charge in [-0.15, -0.1) is 0 Å². The lowest BCUT2D eigenvalue weighted by Gasteiger charge is -2.25. The Bertz CT molecular complexity index is 265. The Balaban J connectivity index is 2.39. The van der Waals surface area contributed by atoms with Crippen LogP contribution in [-0.2, 0) is 9.53 Å². The summed E-state index contributed by atoms with van der Waals surface area (Å²) in [7, 11) is 1.46. The van der Waals surface area contributed by atoms with Crippen LogP contribution in [0.3, 0.4) is 0 Å². The van der Waals surface area contributed by atoms with Crippen LogP contribution in [0.5, 0.6) is 0 Å². The van der Waals surface area contributed by atoms with E-state index < -0.39 is 0 Å². The molecule has 1 saturated carbocycles. The minimum Gasteiger partial charge on any atom is -0.468 e. The van der Waals surface area contributed by atoms with Crippen LogP contribution in [0.4, 0.5) is 0 Å². The van der Waals surface area contributed by atoms with Crippen LogP contribution in [0.2, 0.25) is 0 Å². The molecule has 1 atom stereocenters. The lowest BCUT2D eigenvalue weighted by Crippen LogP contribution is -2.44. The predicted octanol–water partition coefficient (Wildman–Crippen LogP) is 2.04. The summed E-state index contributed by atoms with van der Waals surface area (Å²) in [5.74, 6) is 0.762. The lowest BCUT2D eigenvalue weighted by molar-refractivity contribution is -0.143. The summed E-state index contributed by atoms with van der Waals surface area (Å²) in [4.78, 5) is 14.2. The number of esters is 1. The molecule has 0 amide bonds. The highest BCUT2D eigenvalue weighted by Gasteiger charge is 2.25. The van der Waals surface area contributed by atoms with Crippen LogP contribution in [0.15, 0.2) is 0 Å². The number of methoxy groups -OCH3 is 1. The Hall–Kier alpha value is -0.610. The van der Waals surface area contributed by atoms with Crippen molar-refractivity contribution in [2.45, 2.75) is 58.5 Å². The Morgan fingerprint density at radius 3 is 2.53 bits per heavy atom. The molecule has 1 fully saturated rings. The molecule has 1 N–H and O–H groups in total. The number of ether oxygens (including phenoxy) is 1. The fraction of sp³-hybridized carbons (Fsp3) is 0.933. The smallest absolute Gasteiger partial charge is 0.322 e. The molecule has 0 spiro atoms. The minimum absolute atomic E-state index is 0.142. The largest absolute Gasteiger partial charge is 0.468 e. The topological polar surface area (TPSA) is 41.6 Å². The summed E-state index contributed by atoms with van der Waals surface area (Å²) in [5, 5.41) is 3.30. The van der Waals surface area contributed by atoms with Gasteiger partial charge in [0.15, 0.2) is 0 Å². The minimum atomic E-state index is -0.177. The van der Waals surface area contributed by atoms with Gasteiger partial charge in [-0.05, 0) is 38.1 Å².